The Bertz CT molecular complexity index is 1520. The van der Waals surface area contributed by atoms with Crippen LogP contribution in [0.2, 0.25) is 0 Å². The van der Waals surface area contributed by atoms with Crippen molar-refractivity contribution in [3.05, 3.63) is 83.3 Å². The molecule has 9 heteroatoms. The van der Waals surface area contributed by atoms with Gasteiger partial charge in [-0.05, 0) is 42.5 Å². The van der Waals surface area contributed by atoms with Crippen LogP contribution in [0.1, 0.15) is 5.69 Å². The molecule has 0 aliphatic heterocycles. The number of thiazole rings is 1. The number of methoxy groups -OCH3 is 2. The summed E-state index contributed by atoms with van der Waals surface area (Å²) in [6, 6.07) is 14.9. The summed E-state index contributed by atoms with van der Waals surface area (Å²) in [6.07, 6.45) is 5.21. The van der Waals surface area contributed by atoms with Gasteiger partial charge in [0.2, 0.25) is 0 Å². The largest absolute Gasteiger partial charge is 0.497 e. The molecule has 0 N–H and O–H groups in total. The van der Waals surface area contributed by atoms with Crippen molar-refractivity contribution in [2.75, 3.05) is 14.2 Å². The second-order valence-corrected chi connectivity index (χ2v) is 8.57. The molecule has 0 amide bonds. The van der Waals surface area contributed by atoms with E-state index in [0.29, 0.717) is 34.0 Å². The van der Waals surface area contributed by atoms with Gasteiger partial charge in [0.05, 0.1) is 43.6 Å². The molecule has 5 rings (SSSR count). The van der Waals surface area contributed by atoms with Crippen molar-refractivity contribution in [1.29, 1.82) is 0 Å². The zero-order valence-corrected chi connectivity index (χ0v) is 19.7. The standard InChI is InChI=1S/C25H22N4O4S/c1-28-15-26-13-18(28)14-33-21-9-6-17(12-22(21)32-3)29-11-10-20-23(25(29)30)34-24(27-20)16-4-7-19(31-2)8-5-16/h4-13,15H,14H2,1-3H3. The average molecular weight is 475 g/mol. The van der Waals surface area contributed by atoms with Gasteiger partial charge in [-0.1, -0.05) is 0 Å². The highest BCUT2D eigenvalue weighted by molar-refractivity contribution is 7.21. The van der Waals surface area contributed by atoms with Crippen LogP contribution in [-0.4, -0.2) is 33.3 Å². The number of hydrogen-bond donors (Lipinski definition) is 0. The number of hydrogen-bond acceptors (Lipinski definition) is 7. The number of imidazole rings is 1. The molecule has 172 valence electrons. The first kappa shape index (κ1) is 21.7. The zero-order chi connectivity index (χ0) is 23.7. The van der Waals surface area contributed by atoms with Crippen LogP contribution in [0, 0.1) is 0 Å². The van der Waals surface area contributed by atoms with E-state index in [1.165, 1.54) is 11.3 Å². The summed E-state index contributed by atoms with van der Waals surface area (Å²) in [7, 11) is 5.12. The molecule has 0 aliphatic rings. The third kappa shape index (κ3) is 4.01. The highest BCUT2D eigenvalue weighted by atomic mass is 32.1. The number of aryl methyl sites for hydroxylation is 1. The van der Waals surface area contributed by atoms with E-state index in [9.17, 15) is 4.79 Å². The lowest BCUT2D eigenvalue weighted by molar-refractivity contribution is 0.277. The summed E-state index contributed by atoms with van der Waals surface area (Å²) in [5, 5.41) is 0.781. The van der Waals surface area contributed by atoms with Crippen LogP contribution >= 0.6 is 11.3 Å². The smallest absolute Gasteiger partial charge is 0.274 e. The fourth-order valence-corrected chi connectivity index (χ4v) is 4.58. The summed E-state index contributed by atoms with van der Waals surface area (Å²) in [4.78, 5) is 22.1. The summed E-state index contributed by atoms with van der Waals surface area (Å²) in [5.41, 5.74) is 3.08. The number of benzene rings is 2. The van der Waals surface area contributed by atoms with Crippen LogP contribution in [0.15, 0.2) is 72.0 Å². The topological polar surface area (TPSA) is 80.4 Å². The third-order valence-corrected chi connectivity index (χ3v) is 6.61. The predicted molar refractivity (Wildman–Crippen MR) is 131 cm³/mol. The fourth-order valence-electron chi connectivity index (χ4n) is 3.58. The van der Waals surface area contributed by atoms with Crippen molar-refractivity contribution < 1.29 is 14.2 Å². The van der Waals surface area contributed by atoms with Crippen LogP contribution in [0.4, 0.5) is 0 Å². The van der Waals surface area contributed by atoms with Crippen LogP contribution in [0.3, 0.4) is 0 Å². The molecule has 0 fully saturated rings. The molecule has 3 aromatic heterocycles. The molecule has 8 nitrogen and oxygen atoms in total. The Morgan fingerprint density at radius 3 is 2.53 bits per heavy atom. The van der Waals surface area contributed by atoms with Gasteiger partial charge in [-0.3, -0.25) is 9.36 Å². The van der Waals surface area contributed by atoms with Gasteiger partial charge in [0, 0.05) is 24.9 Å². The summed E-state index contributed by atoms with van der Waals surface area (Å²) in [5.74, 6) is 1.89. The van der Waals surface area contributed by atoms with E-state index in [0.717, 1.165) is 22.0 Å². The number of rotatable bonds is 7. The van der Waals surface area contributed by atoms with Crippen molar-refractivity contribution in [1.82, 2.24) is 19.1 Å². The van der Waals surface area contributed by atoms with Gasteiger partial charge in [-0.15, -0.1) is 11.3 Å². The van der Waals surface area contributed by atoms with Crippen molar-refractivity contribution in [2.24, 2.45) is 7.05 Å². The summed E-state index contributed by atoms with van der Waals surface area (Å²) < 4.78 is 20.7. The van der Waals surface area contributed by atoms with Gasteiger partial charge >= 0.3 is 0 Å². The van der Waals surface area contributed by atoms with Gasteiger partial charge in [-0.25, -0.2) is 9.97 Å². The van der Waals surface area contributed by atoms with Crippen molar-refractivity contribution in [2.45, 2.75) is 6.61 Å². The Balaban J connectivity index is 1.46. The lowest BCUT2D eigenvalue weighted by atomic mass is 10.2. The first-order valence-corrected chi connectivity index (χ1v) is 11.3. The fraction of sp³-hybridized carbons (Fsp3) is 0.160. The van der Waals surface area contributed by atoms with Crippen molar-refractivity contribution >= 4 is 21.6 Å². The van der Waals surface area contributed by atoms with Gasteiger partial charge in [0.15, 0.2) is 11.5 Å². The number of nitrogens with zero attached hydrogens (tertiary/aromatic N) is 4. The van der Waals surface area contributed by atoms with Crippen LogP contribution in [0.25, 0.3) is 26.5 Å². The highest BCUT2D eigenvalue weighted by Gasteiger charge is 2.14. The highest BCUT2D eigenvalue weighted by Crippen LogP contribution is 2.32. The Labute approximate surface area is 199 Å². The van der Waals surface area contributed by atoms with E-state index >= 15 is 0 Å². The Morgan fingerprint density at radius 2 is 1.82 bits per heavy atom. The molecule has 34 heavy (non-hydrogen) atoms. The number of ether oxygens (including phenoxy) is 3. The molecule has 0 saturated heterocycles. The molecular formula is C25H22N4O4S. The van der Waals surface area contributed by atoms with E-state index in [1.807, 2.05) is 48.0 Å². The maximum absolute atomic E-state index is 13.3. The van der Waals surface area contributed by atoms with E-state index in [1.54, 1.807) is 49.6 Å². The molecule has 2 aromatic carbocycles. The van der Waals surface area contributed by atoms with E-state index in [2.05, 4.69) is 9.97 Å². The lowest BCUT2D eigenvalue weighted by Gasteiger charge is -2.13. The molecule has 0 bridgehead atoms. The monoisotopic (exact) mass is 474 g/mol. The Morgan fingerprint density at radius 1 is 1.00 bits per heavy atom. The van der Waals surface area contributed by atoms with Gasteiger partial charge in [-0.2, -0.15) is 0 Å². The van der Waals surface area contributed by atoms with Crippen molar-refractivity contribution in [3.63, 3.8) is 0 Å². The van der Waals surface area contributed by atoms with Gasteiger partial charge < -0.3 is 18.8 Å². The molecule has 0 radical (unpaired) electrons. The van der Waals surface area contributed by atoms with Gasteiger partial charge in [0.25, 0.3) is 5.56 Å². The molecule has 3 heterocycles. The average Bonchev–Trinajstić information content (AvgIpc) is 3.49. The van der Waals surface area contributed by atoms with Crippen LogP contribution in [-0.2, 0) is 13.7 Å². The maximum Gasteiger partial charge on any atom is 0.274 e. The normalized spacial score (nSPS) is 11.0. The first-order valence-electron chi connectivity index (χ1n) is 10.5. The van der Waals surface area contributed by atoms with Crippen LogP contribution < -0.4 is 19.8 Å². The molecule has 0 spiro atoms. The molecule has 0 saturated carbocycles. The summed E-state index contributed by atoms with van der Waals surface area (Å²) in [6.45, 7) is 0.354. The second kappa shape index (κ2) is 9.03. The summed E-state index contributed by atoms with van der Waals surface area (Å²) >= 11 is 1.37. The van der Waals surface area contributed by atoms with Gasteiger partial charge in [0.1, 0.15) is 22.1 Å². The lowest BCUT2D eigenvalue weighted by Crippen LogP contribution is -2.16. The second-order valence-electron chi connectivity index (χ2n) is 7.57. The molecule has 0 atom stereocenters. The Kier molecular flexibility index (Phi) is 5.77. The molecule has 0 unspecified atom stereocenters. The number of fused-ring (bicyclic) bond motifs is 1. The minimum atomic E-state index is -0.139. The van der Waals surface area contributed by atoms with E-state index in [4.69, 9.17) is 14.2 Å². The minimum Gasteiger partial charge on any atom is -0.497 e. The number of pyridine rings is 1. The van der Waals surface area contributed by atoms with E-state index < -0.39 is 0 Å². The van der Waals surface area contributed by atoms with E-state index in [-0.39, 0.29) is 5.56 Å². The Hall–Kier alpha value is -4.11. The first-order chi connectivity index (χ1) is 16.6. The predicted octanol–water partition coefficient (Wildman–Crippen LogP) is 4.44. The SMILES string of the molecule is COc1ccc(-c2nc3ccn(-c4ccc(OCc5cncn5C)c(OC)c4)c(=O)c3s2)cc1. The van der Waals surface area contributed by atoms with Crippen molar-refractivity contribution in [3.8, 4) is 33.5 Å². The minimum absolute atomic E-state index is 0.139. The number of aromatic nitrogens is 4. The third-order valence-electron chi connectivity index (χ3n) is 5.50. The molecule has 5 aromatic rings. The molecule has 0 aliphatic carbocycles. The quantitative estimate of drug-likeness (QED) is 0.347. The van der Waals surface area contributed by atoms with Crippen LogP contribution in [0.5, 0.6) is 17.2 Å². The maximum atomic E-state index is 13.3. The zero-order valence-electron chi connectivity index (χ0n) is 18.9. The molecular weight excluding hydrogens is 452 g/mol.